The van der Waals surface area contributed by atoms with Crippen LogP contribution in [0, 0.1) is 0 Å². The highest BCUT2D eigenvalue weighted by Gasteiger charge is 2.26. The molecule has 0 amide bonds. The molecule has 6 N–H and O–H groups in total. The highest BCUT2D eigenvalue weighted by Crippen LogP contribution is 2.32. The summed E-state index contributed by atoms with van der Waals surface area (Å²) in [6.45, 7) is 0. The van der Waals surface area contributed by atoms with Gasteiger partial charge in [0, 0.05) is 0 Å². The zero-order valence-electron chi connectivity index (χ0n) is 8.72. The van der Waals surface area contributed by atoms with Crippen LogP contribution in [0.3, 0.4) is 0 Å². The molecular formula is C12H14N2O2. The van der Waals surface area contributed by atoms with Crippen LogP contribution in [0.4, 0.5) is 5.69 Å². The van der Waals surface area contributed by atoms with Gasteiger partial charge in [-0.2, -0.15) is 0 Å². The number of benzene rings is 1. The fraction of sp³-hybridized carbons (Fsp3) is 0.167. The van der Waals surface area contributed by atoms with Crippen molar-refractivity contribution in [3.05, 3.63) is 47.7 Å². The molecule has 0 spiro atoms. The third-order valence-electron chi connectivity index (χ3n) is 2.77. The Morgan fingerprint density at radius 2 is 2.00 bits per heavy atom. The number of aliphatic hydroxyl groups is 1. The zero-order valence-corrected chi connectivity index (χ0v) is 8.72. The van der Waals surface area contributed by atoms with Crippen LogP contribution in [0.2, 0.25) is 0 Å². The first kappa shape index (κ1) is 10.6. The Balaban J connectivity index is 2.38. The third kappa shape index (κ3) is 1.75. The number of nitrogens with two attached hydrogens (primary N) is 2. The van der Waals surface area contributed by atoms with Gasteiger partial charge in [-0.15, -0.1) is 0 Å². The largest absolute Gasteiger partial charge is 0.508 e. The van der Waals surface area contributed by atoms with Gasteiger partial charge in [0.1, 0.15) is 11.5 Å². The second-order valence-corrected chi connectivity index (χ2v) is 3.98. The first-order valence-corrected chi connectivity index (χ1v) is 4.97. The normalized spacial score (nSPS) is 24.2. The van der Waals surface area contributed by atoms with Crippen molar-refractivity contribution in [1.82, 2.24) is 0 Å². The number of aliphatic hydroxyl groups excluding tert-OH is 1. The van der Waals surface area contributed by atoms with Crippen molar-refractivity contribution in [2.24, 2.45) is 5.73 Å². The van der Waals surface area contributed by atoms with Crippen LogP contribution in [0.1, 0.15) is 12.0 Å². The van der Waals surface area contributed by atoms with E-state index in [0.717, 1.165) is 5.56 Å². The maximum absolute atomic E-state index is 9.33. The second kappa shape index (κ2) is 3.57. The van der Waals surface area contributed by atoms with Crippen LogP contribution in [0.15, 0.2) is 42.2 Å². The minimum atomic E-state index is -0.673. The Hall–Kier alpha value is -1.94. The van der Waals surface area contributed by atoms with Crippen LogP contribution in [0.25, 0.3) is 0 Å². The average molecular weight is 218 g/mol. The maximum atomic E-state index is 9.33. The van der Waals surface area contributed by atoms with Crippen molar-refractivity contribution in [1.29, 1.82) is 0 Å². The van der Waals surface area contributed by atoms with Crippen molar-refractivity contribution in [2.45, 2.75) is 12.0 Å². The maximum Gasteiger partial charge on any atom is 0.138 e. The van der Waals surface area contributed by atoms with E-state index in [1.54, 1.807) is 30.4 Å². The number of hydrogen-bond donors (Lipinski definition) is 4. The molecule has 1 aliphatic carbocycles. The highest BCUT2D eigenvalue weighted by atomic mass is 16.3. The monoisotopic (exact) mass is 218 g/mol. The third-order valence-corrected chi connectivity index (χ3v) is 2.77. The summed E-state index contributed by atoms with van der Waals surface area (Å²) in [4.78, 5) is 0. The van der Waals surface area contributed by atoms with Crippen molar-refractivity contribution in [2.75, 3.05) is 5.73 Å². The molecule has 0 saturated heterocycles. The summed E-state index contributed by atoms with van der Waals surface area (Å²) in [6, 6.07) is 4.90. The van der Waals surface area contributed by atoms with E-state index in [-0.39, 0.29) is 11.5 Å². The molecule has 0 saturated carbocycles. The molecule has 4 nitrogen and oxygen atoms in total. The minimum absolute atomic E-state index is 0.0468. The molecule has 84 valence electrons. The van der Waals surface area contributed by atoms with E-state index in [9.17, 15) is 10.2 Å². The van der Waals surface area contributed by atoms with Crippen LogP contribution < -0.4 is 11.5 Å². The molecule has 1 aromatic carbocycles. The Morgan fingerprint density at radius 1 is 1.25 bits per heavy atom. The molecule has 1 atom stereocenters. The van der Waals surface area contributed by atoms with Gasteiger partial charge in [-0.05, 0) is 36.3 Å². The number of nitrogen functional groups attached to an aromatic ring is 1. The van der Waals surface area contributed by atoms with Crippen molar-refractivity contribution in [3.63, 3.8) is 0 Å². The lowest BCUT2D eigenvalue weighted by molar-refractivity contribution is 0.414. The zero-order chi connectivity index (χ0) is 11.8. The molecule has 0 aliphatic heterocycles. The van der Waals surface area contributed by atoms with Gasteiger partial charge in [0.15, 0.2) is 0 Å². The van der Waals surface area contributed by atoms with Crippen molar-refractivity contribution < 1.29 is 10.2 Å². The number of rotatable bonds is 1. The van der Waals surface area contributed by atoms with Crippen molar-refractivity contribution in [3.8, 4) is 5.75 Å². The molecule has 1 unspecified atom stereocenters. The predicted octanol–water partition coefficient (Wildman–Crippen LogP) is 1.53. The van der Waals surface area contributed by atoms with Gasteiger partial charge in [0.2, 0.25) is 0 Å². The molecule has 0 radical (unpaired) electrons. The minimum Gasteiger partial charge on any atom is -0.508 e. The fourth-order valence-corrected chi connectivity index (χ4v) is 1.70. The summed E-state index contributed by atoms with van der Waals surface area (Å²) in [5, 5.41) is 18.6. The first-order valence-electron chi connectivity index (χ1n) is 4.97. The average Bonchev–Trinajstić information content (AvgIpc) is 2.26. The number of hydrogen-bond acceptors (Lipinski definition) is 4. The Kier molecular flexibility index (Phi) is 2.36. The van der Waals surface area contributed by atoms with Crippen LogP contribution in [0.5, 0.6) is 5.75 Å². The van der Waals surface area contributed by atoms with Gasteiger partial charge in [-0.1, -0.05) is 12.1 Å². The summed E-state index contributed by atoms with van der Waals surface area (Å²) in [5.74, 6) is 0.262. The standard InChI is InChI=1S/C12H14N2O2/c13-10-7-8(1-2-11(10)16)12(14)5-3-9(15)4-6-12/h1-5,7,15-16H,6,13-14H2. The summed E-state index contributed by atoms with van der Waals surface area (Å²) in [5.41, 5.74) is 12.2. The first-order chi connectivity index (χ1) is 7.51. The quantitative estimate of drug-likeness (QED) is 0.425. The van der Waals surface area contributed by atoms with E-state index in [4.69, 9.17) is 11.5 Å². The molecule has 0 bridgehead atoms. The van der Waals surface area contributed by atoms with Crippen LogP contribution >= 0.6 is 0 Å². The summed E-state index contributed by atoms with van der Waals surface area (Å²) in [7, 11) is 0. The van der Waals surface area contributed by atoms with E-state index in [0.29, 0.717) is 12.1 Å². The van der Waals surface area contributed by atoms with Crippen LogP contribution in [-0.2, 0) is 5.54 Å². The lowest BCUT2D eigenvalue weighted by Crippen LogP contribution is -2.35. The Morgan fingerprint density at radius 3 is 2.56 bits per heavy atom. The molecule has 0 fully saturated rings. The molecular weight excluding hydrogens is 204 g/mol. The van der Waals surface area contributed by atoms with E-state index < -0.39 is 5.54 Å². The van der Waals surface area contributed by atoms with Crippen LogP contribution in [-0.4, -0.2) is 10.2 Å². The lowest BCUT2D eigenvalue weighted by Gasteiger charge is -2.27. The topological polar surface area (TPSA) is 92.5 Å². The summed E-state index contributed by atoms with van der Waals surface area (Å²) >= 11 is 0. The molecule has 4 heteroatoms. The molecule has 16 heavy (non-hydrogen) atoms. The lowest BCUT2D eigenvalue weighted by atomic mass is 9.84. The molecule has 1 aliphatic rings. The summed E-state index contributed by atoms with van der Waals surface area (Å²) < 4.78 is 0. The SMILES string of the molecule is Nc1cc(C2(N)C=CC(O)=CC2)ccc1O. The Labute approximate surface area is 93.5 Å². The predicted molar refractivity (Wildman–Crippen MR) is 62.9 cm³/mol. The molecule has 1 aromatic rings. The van der Waals surface area contributed by atoms with Gasteiger partial charge in [-0.25, -0.2) is 0 Å². The molecule has 0 heterocycles. The van der Waals surface area contributed by atoms with Gasteiger partial charge < -0.3 is 21.7 Å². The second-order valence-electron chi connectivity index (χ2n) is 3.98. The van der Waals surface area contributed by atoms with E-state index in [2.05, 4.69) is 0 Å². The van der Waals surface area contributed by atoms with E-state index >= 15 is 0 Å². The van der Waals surface area contributed by atoms with Gasteiger partial charge in [-0.3, -0.25) is 0 Å². The number of allylic oxidation sites excluding steroid dienone is 1. The number of phenolic OH excluding ortho intramolecular Hbond substituents is 1. The number of phenols is 1. The molecule has 0 aromatic heterocycles. The van der Waals surface area contributed by atoms with E-state index in [1.165, 1.54) is 6.07 Å². The number of anilines is 1. The number of aromatic hydroxyl groups is 1. The van der Waals surface area contributed by atoms with Gasteiger partial charge in [0.05, 0.1) is 11.2 Å². The summed E-state index contributed by atoms with van der Waals surface area (Å²) in [6.07, 6.45) is 5.45. The van der Waals surface area contributed by atoms with E-state index in [1.807, 2.05) is 0 Å². The Bertz CT molecular complexity index is 480. The van der Waals surface area contributed by atoms with Gasteiger partial charge >= 0.3 is 0 Å². The fourth-order valence-electron chi connectivity index (χ4n) is 1.70. The highest BCUT2D eigenvalue weighted by molar-refractivity contribution is 5.55. The van der Waals surface area contributed by atoms with Gasteiger partial charge in [0.25, 0.3) is 0 Å². The smallest absolute Gasteiger partial charge is 0.138 e. The van der Waals surface area contributed by atoms with Crippen molar-refractivity contribution >= 4 is 5.69 Å². The molecule has 2 rings (SSSR count).